The fraction of sp³-hybridized carbons (Fsp3) is 0.444. The molecule has 0 bridgehead atoms. The number of carbonyl (C=O) groups is 9. The number of aromatic nitrogens is 1. The van der Waals surface area contributed by atoms with Crippen LogP contribution >= 0.6 is 11.3 Å². The zero-order valence-electron chi connectivity index (χ0n) is 41.7. The highest BCUT2D eigenvalue weighted by Gasteiger charge is 2.76. The molecule has 4 fully saturated rings. The number of allylic oxidation sites excluding steroid dienone is 4. The summed E-state index contributed by atoms with van der Waals surface area (Å²) in [5.41, 5.74) is 0.750. The van der Waals surface area contributed by atoms with E-state index in [1.54, 1.807) is 30.5 Å². The first-order chi connectivity index (χ1) is 36.3. The summed E-state index contributed by atoms with van der Waals surface area (Å²) in [5.74, 6) is -5.07. The van der Waals surface area contributed by atoms with Crippen molar-refractivity contribution in [3.05, 3.63) is 112 Å². The number of hydrogen-bond acceptors (Lipinski definition) is 16. The van der Waals surface area contributed by atoms with Crippen molar-refractivity contribution in [1.82, 2.24) is 20.5 Å². The molecule has 0 radical (unpaired) electrons. The van der Waals surface area contributed by atoms with E-state index in [2.05, 4.69) is 33.2 Å². The van der Waals surface area contributed by atoms with Crippen LogP contribution in [0.5, 0.6) is 0 Å². The quantitative estimate of drug-likeness (QED) is 0.0840. The van der Waals surface area contributed by atoms with E-state index in [-0.39, 0.29) is 56.0 Å². The number of benzene rings is 2. The molecule has 0 spiro atoms. The second-order valence-corrected chi connectivity index (χ2v) is 21.6. The lowest BCUT2D eigenvalue weighted by atomic mass is 9.46. The normalized spacial score (nSPS) is 28.3. The van der Waals surface area contributed by atoms with Gasteiger partial charge in [-0.1, -0.05) is 61.9 Å². The van der Waals surface area contributed by atoms with Gasteiger partial charge in [0, 0.05) is 77.0 Å². The number of carbonyl (C=O) groups excluding carboxylic acids is 8. The number of ether oxygens (including phenoxy) is 3. The van der Waals surface area contributed by atoms with E-state index in [0.717, 1.165) is 45.9 Å². The molecule has 2 aliphatic heterocycles. The molecule has 9 rings (SSSR count). The lowest BCUT2D eigenvalue weighted by Gasteiger charge is -2.59. The van der Waals surface area contributed by atoms with Crippen molar-refractivity contribution in [1.29, 1.82) is 0 Å². The van der Waals surface area contributed by atoms with E-state index in [1.165, 1.54) is 23.5 Å². The van der Waals surface area contributed by atoms with Gasteiger partial charge in [0.25, 0.3) is 11.8 Å². The van der Waals surface area contributed by atoms with Crippen LogP contribution in [-0.4, -0.2) is 122 Å². The summed E-state index contributed by atoms with van der Waals surface area (Å²) in [6.07, 6.45) is 7.80. The minimum Gasteiger partial charge on any atom is -0.481 e. The summed E-state index contributed by atoms with van der Waals surface area (Å²) in [6.45, 7) is 2.49. The van der Waals surface area contributed by atoms with Crippen molar-refractivity contribution in [3.8, 4) is 0 Å². The molecule has 6 amide bonds. The maximum atomic E-state index is 14.0. The van der Waals surface area contributed by atoms with Gasteiger partial charge in [0.05, 0.1) is 18.8 Å². The first kappa shape index (κ1) is 53.6. The summed E-state index contributed by atoms with van der Waals surface area (Å²) in [6, 6.07) is 12.5. The van der Waals surface area contributed by atoms with E-state index in [4.69, 9.17) is 14.2 Å². The fourth-order valence-electron chi connectivity index (χ4n) is 12.4. The number of fused-ring (bicyclic) bond motifs is 7. The zero-order valence-corrected chi connectivity index (χ0v) is 42.5. The third kappa shape index (κ3) is 10.6. The number of hydrogen-bond donors (Lipinski definition) is 7. The SMILES string of the molecule is C[C@]12C=CC(=O)C=C1CC[C@@H]1[C@@H]2[C@@H](O)C[C@@]2(C)[C@H]1C[C@H]1O[C@@H](c3ccc(Cc4cnc(NC(=O)OCc5ccc(NC(=O)[C@H](CCC(=O)O)NC(=O)CNC(=O)CCN6C(=O)C=CC6=O)cc5)s4)cc3)O[C@]12C(=O)CO. The molecule has 1 saturated heterocycles. The second kappa shape index (κ2) is 21.8. The van der Waals surface area contributed by atoms with Crippen molar-refractivity contribution in [2.45, 2.75) is 102 Å². The standard InChI is InChI=1S/C54H58N6O15S/c1-52-19-17-34(62)22-32(52)9-12-36-37-23-41-54(40(64)27-61,53(37,2)24-39(63)47(36)52)75-49(74-41)31-7-3-29(4-8-31)21-35-25-56-50(76-35)59-51(72)73-28-30-5-10-33(11-6-30)57-48(71)38(13-16-46(69)70)58-43(66)26-55-42(65)18-20-60-44(67)14-15-45(60)68/h3-8,10-11,14-15,17,19,22,25,36-39,41,47,49,61,63H,9,12-13,16,18,20-21,23-24,26-28H2,1-2H3,(H,55,65)(H,57,71)(H,58,66)(H,69,70)(H,56,59,72)/t36-,37-,38-,39-,41+,47+,49+,52-,53-,54+/m0/s1. The van der Waals surface area contributed by atoms with Gasteiger partial charge in [-0.15, -0.1) is 11.3 Å². The third-order valence-corrected chi connectivity index (χ3v) is 16.9. The predicted molar refractivity (Wildman–Crippen MR) is 269 cm³/mol. The van der Waals surface area contributed by atoms with Gasteiger partial charge >= 0.3 is 12.1 Å². The van der Waals surface area contributed by atoms with Gasteiger partial charge in [0.2, 0.25) is 17.7 Å². The average Bonchev–Trinajstić information content (AvgIpc) is 4.33. The Hall–Kier alpha value is -7.24. The molecule has 3 saturated carbocycles. The Bertz CT molecular complexity index is 2920. The predicted octanol–water partition coefficient (Wildman–Crippen LogP) is 3.80. The smallest absolute Gasteiger partial charge is 0.413 e. The highest BCUT2D eigenvalue weighted by atomic mass is 32.1. The highest BCUT2D eigenvalue weighted by Crippen LogP contribution is 2.70. The van der Waals surface area contributed by atoms with Crippen molar-refractivity contribution >= 4 is 75.3 Å². The number of carboxylic acids is 1. The molecule has 7 N–H and O–H groups in total. The van der Waals surface area contributed by atoms with Gasteiger partial charge in [0.15, 0.2) is 28.6 Å². The number of thiazole rings is 1. The van der Waals surface area contributed by atoms with Crippen LogP contribution in [0.25, 0.3) is 0 Å². The molecular formula is C54H58N6O15S. The Morgan fingerprint density at radius 3 is 2.37 bits per heavy atom. The molecule has 2 aromatic carbocycles. The summed E-state index contributed by atoms with van der Waals surface area (Å²) < 4.78 is 18.8. The Morgan fingerprint density at radius 1 is 0.934 bits per heavy atom. The zero-order chi connectivity index (χ0) is 54.1. The van der Waals surface area contributed by atoms with E-state index in [0.29, 0.717) is 34.8 Å². The van der Waals surface area contributed by atoms with Crippen molar-refractivity contribution in [2.24, 2.45) is 28.6 Å². The number of aliphatic carboxylic acids is 1. The molecule has 21 nitrogen and oxygen atoms in total. The lowest BCUT2D eigenvalue weighted by molar-refractivity contribution is -0.201. The minimum atomic E-state index is -1.47. The molecule has 400 valence electrons. The number of nitrogens with zero attached hydrogens (tertiary/aromatic N) is 2. The number of ketones is 2. The van der Waals surface area contributed by atoms with Gasteiger partial charge in [0.1, 0.15) is 19.3 Å². The number of Topliss-reactive ketones (excluding diaryl/α,β-unsaturated/α-hetero) is 1. The van der Waals surface area contributed by atoms with Crippen LogP contribution in [0, 0.1) is 28.6 Å². The first-order valence-electron chi connectivity index (χ1n) is 25.1. The number of nitrogens with one attached hydrogen (secondary N) is 4. The molecule has 6 aliphatic rings. The summed E-state index contributed by atoms with van der Waals surface area (Å²) in [5, 5.41) is 41.8. The maximum absolute atomic E-state index is 14.0. The molecule has 22 heteroatoms. The van der Waals surface area contributed by atoms with Crippen LogP contribution in [0.2, 0.25) is 0 Å². The van der Waals surface area contributed by atoms with Crippen LogP contribution < -0.4 is 21.3 Å². The topological polar surface area (TPSA) is 306 Å². The van der Waals surface area contributed by atoms with Crippen LogP contribution in [0.15, 0.2) is 90.7 Å². The maximum Gasteiger partial charge on any atom is 0.413 e. The number of aliphatic hydroxyl groups excluding tert-OH is 2. The Morgan fingerprint density at radius 2 is 1.66 bits per heavy atom. The van der Waals surface area contributed by atoms with Crippen molar-refractivity contribution in [3.63, 3.8) is 0 Å². The highest BCUT2D eigenvalue weighted by molar-refractivity contribution is 7.15. The van der Waals surface area contributed by atoms with Gasteiger partial charge in [-0.25, -0.2) is 9.78 Å². The Labute approximate surface area is 440 Å². The summed E-state index contributed by atoms with van der Waals surface area (Å²) in [7, 11) is 0. The molecule has 0 unspecified atom stereocenters. The molecular weight excluding hydrogens is 1000 g/mol. The minimum absolute atomic E-state index is 0.0263. The van der Waals surface area contributed by atoms with Crippen LogP contribution in [-0.2, 0) is 65.6 Å². The van der Waals surface area contributed by atoms with Gasteiger partial charge in [-0.2, -0.15) is 0 Å². The Kier molecular flexibility index (Phi) is 15.4. The molecule has 1 aromatic heterocycles. The first-order valence-corrected chi connectivity index (χ1v) is 25.9. The van der Waals surface area contributed by atoms with Crippen LogP contribution in [0.1, 0.15) is 86.7 Å². The van der Waals surface area contributed by atoms with E-state index < -0.39 is 108 Å². The lowest BCUT2D eigenvalue weighted by Crippen LogP contribution is -2.63. The number of rotatable bonds is 19. The number of aliphatic hydroxyl groups is 2. The summed E-state index contributed by atoms with van der Waals surface area (Å²) in [4.78, 5) is 118. The largest absolute Gasteiger partial charge is 0.481 e. The monoisotopic (exact) mass is 1060 g/mol. The average molecular weight is 1060 g/mol. The molecule has 4 aliphatic carbocycles. The van der Waals surface area contributed by atoms with E-state index >= 15 is 0 Å². The van der Waals surface area contributed by atoms with Crippen LogP contribution in [0.4, 0.5) is 15.6 Å². The molecule has 3 heterocycles. The fourth-order valence-corrected chi connectivity index (χ4v) is 13.2. The van der Waals surface area contributed by atoms with Crippen molar-refractivity contribution in [2.75, 3.05) is 30.3 Å². The second-order valence-electron chi connectivity index (χ2n) is 20.5. The molecule has 10 atom stereocenters. The van der Waals surface area contributed by atoms with Crippen molar-refractivity contribution < 1.29 is 72.7 Å². The number of imide groups is 1. The van der Waals surface area contributed by atoms with E-state index in [9.17, 15) is 58.5 Å². The Balaban J connectivity index is 0.734. The number of amides is 6. The van der Waals surface area contributed by atoms with Gasteiger partial charge in [-0.3, -0.25) is 48.6 Å². The van der Waals surface area contributed by atoms with Gasteiger partial charge < -0.3 is 45.5 Å². The molecule has 76 heavy (non-hydrogen) atoms. The number of carboxylic acid groups (broad SMARTS) is 1. The third-order valence-electron chi connectivity index (χ3n) is 16.0. The van der Waals surface area contributed by atoms with E-state index in [1.807, 2.05) is 37.3 Å². The molecule has 3 aromatic rings. The van der Waals surface area contributed by atoms with Crippen LogP contribution in [0.3, 0.4) is 0 Å². The number of anilines is 2. The summed E-state index contributed by atoms with van der Waals surface area (Å²) >= 11 is 1.26. The van der Waals surface area contributed by atoms with Gasteiger partial charge in [-0.05, 0) is 79.4 Å².